The van der Waals surface area contributed by atoms with Gasteiger partial charge in [0, 0.05) is 42.5 Å². The maximum absolute atomic E-state index is 13.5. The van der Waals surface area contributed by atoms with Gasteiger partial charge in [0.2, 0.25) is 0 Å². The van der Waals surface area contributed by atoms with E-state index in [4.69, 9.17) is 11.6 Å². The lowest BCUT2D eigenvalue weighted by molar-refractivity contribution is -0.0399. The Morgan fingerprint density at radius 2 is 1.93 bits per heavy atom. The van der Waals surface area contributed by atoms with Crippen molar-refractivity contribution in [1.29, 1.82) is 0 Å². The van der Waals surface area contributed by atoms with E-state index in [1.807, 2.05) is 4.31 Å². The van der Waals surface area contributed by atoms with Crippen LogP contribution < -0.4 is 5.32 Å². The Kier molecular flexibility index (Phi) is 5.81. The number of aromatic carboxylic acids is 1. The van der Waals surface area contributed by atoms with E-state index in [9.17, 15) is 18.7 Å². The molecule has 2 aromatic carbocycles. The molecule has 0 atom stereocenters. The maximum atomic E-state index is 13.5. The van der Waals surface area contributed by atoms with E-state index in [1.165, 1.54) is 18.0 Å². The van der Waals surface area contributed by atoms with Gasteiger partial charge in [-0.15, -0.1) is 0 Å². The van der Waals surface area contributed by atoms with Gasteiger partial charge in [-0.2, -0.15) is 0 Å². The third-order valence-corrected chi connectivity index (χ3v) is 6.26. The highest BCUT2D eigenvalue weighted by Crippen LogP contribution is 2.40. The number of carbonyl (C=O) groups is 1. The average Bonchev–Trinajstić information content (AvgIpc) is 2.71. The van der Waals surface area contributed by atoms with Crippen molar-refractivity contribution in [3.8, 4) is 0 Å². The fourth-order valence-electron chi connectivity index (χ4n) is 3.30. The zero-order chi connectivity index (χ0) is 21.3. The van der Waals surface area contributed by atoms with Gasteiger partial charge >= 0.3 is 5.97 Å². The number of hydrogen-bond donors (Lipinski definition) is 2. The Balaban J connectivity index is 1.75. The van der Waals surface area contributed by atoms with Gasteiger partial charge < -0.3 is 10.4 Å². The van der Waals surface area contributed by atoms with Crippen LogP contribution in [-0.4, -0.2) is 39.4 Å². The maximum Gasteiger partial charge on any atom is 0.337 e. The number of carboxylic acid groups (broad SMARTS) is 1. The zero-order valence-electron chi connectivity index (χ0n) is 15.7. The molecule has 5 nitrogen and oxygen atoms in total. The molecule has 0 bridgehead atoms. The summed E-state index contributed by atoms with van der Waals surface area (Å²) in [5, 5.41) is 14.0. The van der Waals surface area contributed by atoms with E-state index in [2.05, 4.69) is 10.3 Å². The second-order valence-electron chi connectivity index (χ2n) is 7.01. The summed E-state index contributed by atoms with van der Waals surface area (Å²) in [7, 11) is 0. The number of halogens is 3. The van der Waals surface area contributed by atoms with E-state index < -0.39 is 11.9 Å². The second kappa shape index (κ2) is 8.37. The summed E-state index contributed by atoms with van der Waals surface area (Å²) in [6.07, 6.45) is 1.27. The van der Waals surface area contributed by atoms with E-state index in [-0.39, 0.29) is 31.5 Å². The Morgan fingerprint density at radius 1 is 1.20 bits per heavy atom. The molecular formula is C21H18ClF2N3O2S. The Morgan fingerprint density at radius 3 is 2.67 bits per heavy atom. The van der Waals surface area contributed by atoms with Crippen molar-refractivity contribution < 1.29 is 18.7 Å². The smallest absolute Gasteiger partial charge is 0.337 e. The fraction of sp³-hybridized carbons (Fsp3) is 0.238. The van der Waals surface area contributed by atoms with Gasteiger partial charge in [0.1, 0.15) is 0 Å². The van der Waals surface area contributed by atoms with Gasteiger partial charge in [-0.1, -0.05) is 23.7 Å². The lowest BCUT2D eigenvalue weighted by Gasteiger charge is -2.31. The summed E-state index contributed by atoms with van der Waals surface area (Å²) in [6.45, 7) is 0.493. The molecule has 30 heavy (non-hydrogen) atoms. The second-order valence-corrected chi connectivity index (χ2v) is 8.59. The van der Waals surface area contributed by atoms with Crippen molar-refractivity contribution in [1.82, 2.24) is 9.29 Å². The molecule has 0 radical (unpaired) electrons. The first-order valence-corrected chi connectivity index (χ1v) is 10.5. The van der Waals surface area contributed by atoms with Crippen LogP contribution >= 0.6 is 23.5 Å². The number of nitrogens with one attached hydrogen (secondary N) is 1. The first kappa shape index (κ1) is 20.8. The molecule has 1 fully saturated rings. The molecule has 4 rings (SSSR count). The van der Waals surface area contributed by atoms with Gasteiger partial charge in [-0.25, -0.2) is 17.9 Å². The Hall–Kier alpha value is -2.42. The molecule has 2 N–H and O–H groups in total. The van der Waals surface area contributed by atoms with Crippen molar-refractivity contribution in [3.63, 3.8) is 0 Å². The molecule has 156 valence electrons. The van der Waals surface area contributed by atoms with Crippen LogP contribution in [0.4, 0.5) is 20.2 Å². The molecule has 1 saturated heterocycles. The topological polar surface area (TPSA) is 65.5 Å². The van der Waals surface area contributed by atoms with E-state index in [0.717, 1.165) is 5.39 Å². The van der Waals surface area contributed by atoms with Crippen LogP contribution in [0.2, 0.25) is 5.02 Å². The molecule has 3 aromatic rings. The van der Waals surface area contributed by atoms with Crippen molar-refractivity contribution in [2.24, 2.45) is 0 Å². The van der Waals surface area contributed by atoms with Crippen molar-refractivity contribution in [2.75, 3.05) is 18.4 Å². The molecule has 0 saturated carbocycles. The normalized spacial score (nSPS) is 16.5. The zero-order valence-corrected chi connectivity index (χ0v) is 17.3. The van der Waals surface area contributed by atoms with Crippen molar-refractivity contribution >= 4 is 51.8 Å². The molecule has 9 heteroatoms. The largest absolute Gasteiger partial charge is 0.478 e. The SMILES string of the molecule is O=C(O)c1ccccc1Nc1c(SN2CCC(F)(F)CC2)cnc2ccc(Cl)cc12. The third kappa shape index (κ3) is 4.50. The molecule has 1 aliphatic heterocycles. The number of piperidine rings is 1. The van der Waals surface area contributed by atoms with Crippen LogP contribution in [0.3, 0.4) is 0 Å². The summed E-state index contributed by atoms with van der Waals surface area (Å²) in [5.41, 5.74) is 1.87. The van der Waals surface area contributed by atoms with E-state index >= 15 is 0 Å². The number of rotatable bonds is 5. The number of nitrogens with zero attached hydrogens (tertiary/aromatic N) is 2. The minimum absolute atomic E-state index is 0.123. The number of pyridine rings is 1. The number of benzene rings is 2. The average molecular weight is 450 g/mol. The van der Waals surface area contributed by atoms with Crippen LogP contribution in [-0.2, 0) is 0 Å². The summed E-state index contributed by atoms with van der Waals surface area (Å²) in [4.78, 5) is 16.8. The molecule has 1 aliphatic rings. The summed E-state index contributed by atoms with van der Waals surface area (Å²) >= 11 is 7.53. The molecule has 0 amide bonds. The number of aromatic nitrogens is 1. The Labute approximate surface area is 181 Å². The first-order valence-electron chi connectivity index (χ1n) is 9.31. The summed E-state index contributed by atoms with van der Waals surface area (Å²) in [5.74, 6) is -3.68. The van der Waals surface area contributed by atoms with Crippen LogP contribution in [0, 0.1) is 0 Å². The monoisotopic (exact) mass is 449 g/mol. The minimum Gasteiger partial charge on any atom is -0.478 e. The van der Waals surface area contributed by atoms with Crippen LogP contribution in [0.1, 0.15) is 23.2 Å². The predicted molar refractivity (Wildman–Crippen MR) is 115 cm³/mol. The fourth-order valence-corrected chi connectivity index (χ4v) is 4.47. The third-order valence-electron chi connectivity index (χ3n) is 4.89. The number of para-hydroxylation sites is 1. The minimum atomic E-state index is -2.63. The highest BCUT2D eigenvalue weighted by molar-refractivity contribution is 7.97. The molecule has 0 unspecified atom stereocenters. The van der Waals surface area contributed by atoms with Gasteiger partial charge in [-0.05, 0) is 42.3 Å². The highest BCUT2D eigenvalue weighted by Gasteiger charge is 2.34. The standard InChI is InChI=1S/C21H18ClF2N3O2S/c22-13-5-6-16-15(11-13)19(26-17-4-2-1-3-14(17)20(28)29)18(12-25-16)30-27-9-7-21(23,24)8-10-27/h1-6,11-12H,7-10H2,(H,25,26)(H,28,29). The predicted octanol–water partition coefficient (Wildman–Crippen LogP) is 6.07. The number of alkyl halides is 2. The Bertz CT molecular complexity index is 1100. The lowest BCUT2D eigenvalue weighted by Crippen LogP contribution is -2.35. The van der Waals surface area contributed by atoms with Crippen LogP contribution in [0.15, 0.2) is 53.6 Å². The first-order chi connectivity index (χ1) is 14.3. The molecule has 0 spiro atoms. The molecular weight excluding hydrogens is 432 g/mol. The number of fused-ring (bicyclic) bond motifs is 1. The van der Waals surface area contributed by atoms with E-state index in [0.29, 0.717) is 26.8 Å². The van der Waals surface area contributed by atoms with Crippen LogP contribution in [0.25, 0.3) is 10.9 Å². The molecule has 1 aromatic heterocycles. The summed E-state index contributed by atoms with van der Waals surface area (Å²) in [6, 6.07) is 11.8. The van der Waals surface area contributed by atoms with Crippen LogP contribution in [0.5, 0.6) is 0 Å². The highest BCUT2D eigenvalue weighted by atomic mass is 35.5. The van der Waals surface area contributed by atoms with Gasteiger partial charge in [0.15, 0.2) is 0 Å². The van der Waals surface area contributed by atoms with Gasteiger partial charge in [0.25, 0.3) is 5.92 Å². The van der Waals surface area contributed by atoms with Crippen molar-refractivity contribution in [2.45, 2.75) is 23.7 Å². The number of hydrogen-bond acceptors (Lipinski definition) is 5. The van der Waals surface area contributed by atoms with Crippen molar-refractivity contribution in [3.05, 3.63) is 59.2 Å². The number of carboxylic acids is 1. The summed E-state index contributed by atoms with van der Waals surface area (Å²) < 4.78 is 28.9. The molecule has 0 aliphatic carbocycles. The van der Waals surface area contributed by atoms with Gasteiger partial charge in [-0.3, -0.25) is 4.98 Å². The molecule has 2 heterocycles. The number of anilines is 2. The van der Waals surface area contributed by atoms with E-state index in [1.54, 1.807) is 42.6 Å². The lowest BCUT2D eigenvalue weighted by atomic mass is 10.1. The van der Waals surface area contributed by atoms with Gasteiger partial charge in [0.05, 0.1) is 27.4 Å². The quantitative estimate of drug-likeness (QED) is 0.461.